The highest BCUT2D eigenvalue weighted by Gasteiger charge is 2.30. The monoisotopic (exact) mass is 314 g/mol. The number of sulfonamides is 1. The van der Waals surface area contributed by atoms with E-state index in [0.29, 0.717) is 11.5 Å². The lowest BCUT2D eigenvalue weighted by molar-refractivity contribution is 0.249. The van der Waals surface area contributed by atoms with Gasteiger partial charge in [-0.15, -0.1) is 0 Å². The van der Waals surface area contributed by atoms with E-state index >= 15 is 0 Å². The molecule has 4 nitrogen and oxygen atoms in total. The molecule has 1 fully saturated rings. The smallest absolute Gasteiger partial charge is 0.243 e. The van der Waals surface area contributed by atoms with Gasteiger partial charge >= 0.3 is 0 Å². The number of nitrogens with two attached hydrogens (primary N) is 1. The average molecular weight is 314 g/mol. The third-order valence-electron chi connectivity index (χ3n) is 4.26. The molecule has 3 unspecified atom stereocenters. The van der Waals surface area contributed by atoms with Gasteiger partial charge in [0.15, 0.2) is 0 Å². The predicted octanol–water partition coefficient (Wildman–Crippen LogP) is 2.39. The van der Waals surface area contributed by atoms with Gasteiger partial charge in [0.2, 0.25) is 10.0 Å². The Bertz CT molecular complexity index is 604. The van der Waals surface area contributed by atoms with Crippen LogP contribution in [0.4, 0.5) is 4.39 Å². The van der Waals surface area contributed by atoms with Crippen LogP contribution in [0, 0.1) is 17.7 Å². The summed E-state index contributed by atoms with van der Waals surface area (Å²) in [5.41, 5.74) is 6.10. The molecule has 0 aromatic heterocycles. The van der Waals surface area contributed by atoms with Gasteiger partial charge in [0.1, 0.15) is 10.7 Å². The first-order valence-electron chi connectivity index (χ1n) is 7.34. The van der Waals surface area contributed by atoms with Gasteiger partial charge in [-0.1, -0.05) is 19.9 Å². The Balaban J connectivity index is 2.22. The Morgan fingerprint density at radius 2 is 2.05 bits per heavy atom. The lowest BCUT2D eigenvalue weighted by atomic mass is 9.80. The Morgan fingerprint density at radius 3 is 2.67 bits per heavy atom. The molecule has 0 aliphatic heterocycles. The molecule has 0 spiro atoms. The first-order valence-corrected chi connectivity index (χ1v) is 8.82. The molecule has 21 heavy (non-hydrogen) atoms. The van der Waals surface area contributed by atoms with Crippen LogP contribution in [0.1, 0.15) is 38.7 Å². The number of hydrogen-bond acceptors (Lipinski definition) is 3. The number of hydrogen-bond donors (Lipinski definition) is 2. The standard InChI is InChI=1S/C15H23FN2O2S/c1-10-3-6-14(11(2)7-10)18-21(19,20)15-8-12(9-17)4-5-13(15)16/h4-5,8,10-11,14,18H,3,6-7,9,17H2,1-2H3. The highest BCUT2D eigenvalue weighted by molar-refractivity contribution is 7.89. The molecule has 3 N–H and O–H groups in total. The van der Waals surface area contributed by atoms with Gasteiger partial charge in [-0.25, -0.2) is 17.5 Å². The molecular formula is C15H23FN2O2S. The van der Waals surface area contributed by atoms with E-state index in [1.807, 2.05) is 6.92 Å². The summed E-state index contributed by atoms with van der Waals surface area (Å²) in [7, 11) is -3.85. The third kappa shape index (κ3) is 3.81. The summed E-state index contributed by atoms with van der Waals surface area (Å²) in [6.07, 6.45) is 2.76. The average Bonchev–Trinajstić information content (AvgIpc) is 2.42. The van der Waals surface area contributed by atoms with Crippen molar-refractivity contribution in [1.82, 2.24) is 4.72 Å². The molecule has 1 aliphatic carbocycles. The zero-order valence-corrected chi connectivity index (χ0v) is 13.3. The van der Waals surface area contributed by atoms with E-state index in [1.165, 1.54) is 12.1 Å². The van der Waals surface area contributed by atoms with Gasteiger partial charge in [-0.2, -0.15) is 0 Å². The van der Waals surface area contributed by atoms with Crippen molar-refractivity contribution >= 4 is 10.0 Å². The quantitative estimate of drug-likeness (QED) is 0.896. The van der Waals surface area contributed by atoms with Crippen LogP contribution in [0.15, 0.2) is 23.1 Å². The van der Waals surface area contributed by atoms with Crippen molar-refractivity contribution < 1.29 is 12.8 Å². The molecule has 2 rings (SSSR count). The predicted molar refractivity (Wildman–Crippen MR) is 80.6 cm³/mol. The van der Waals surface area contributed by atoms with Crippen LogP contribution < -0.4 is 10.5 Å². The minimum absolute atomic E-state index is 0.132. The van der Waals surface area contributed by atoms with E-state index in [2.05, 4.69) is 11.6 Å². The lowest BCUT2D eigenvalue weighted by Gasteiger charge is -2.32. The van der Waals surface area contributed by atoms with Crippen molar-refractivity contribution in [2.75, 3.05) is 0 Å². The summed E-state index contributed by atoms with van der Waals surface area (Å²) in [4.78, 5) is -0.309. The molecular weight excluding hydrogens is 291 g/mol. The molecule has 0 bridgehead atoms. The number of rotatable bonds is 4. The SMILES string of the molecule is CC1CCC(NS(=O)(=O)c2cc(CN)ccc2F)C(C)C1. The summed E-state index contributed by atoms with van der Waals surface area (Å²) < 4.78 is 41.4. The van der Waals surface area contributed by atoms with Crippen LogP contribution in [0.2, 0.25) is 0 Å². The Labute approximate surface area is 126 Å². The van der Waals surface area contributed by atoms with Gasteiger partial charge in [0.25, 0.3) is 0 Å². The van der Waals surface area contributed by atoms with Crippen molar-refractivity contribution in [3.63, 3.8) is 0 Å². The van der Waals surface area contributed by atoms with Crippen molar-refractivity contribution in [3.05, 3.63) is 29.6 Å². The second-order valence-corrected chi connectivity index (χ2v) is 7.77. The summed E-state index contributed by atoms with van der Waals surface area (Å²) in [6, 6.07) is 3.84. The highest BCUT2D eigenvalue weighted by atomic mass is 32.2. The maximum absolute atomic E-state index is 13.9. The van der Waals surface area contributed by atoms with Crippen molar-refractivity contribution in [1.29, 1.82) is 0 Å². The van der Waals surface area contributed by atoms with Crippen LogP contribution in [0.25, 0.3) is 0 Å². The molecule has 0 radical (unpaired) electrons. The molecule has 0 heterocycles. The second kappa shape index (κ2) is 6.42. The largest absolute Gasteiger partial charge is 0.326 e. The molecule has 6 heteroatoms. The summed E-state index contributed by atoms with van der Waals surface area (Å²) in [5.74, 6) is 0.124. The zero-order valence-electron chi connectivity index (χ0n) is 12.5. The van der Waals surface area contributed by atoms with E-state index in [-0.39, 0.29) is 23.4 Å². The zero-order chi connectivity index (χ0) is 15.6. The van der Waals surface area contributed by atoms with Crippen LogP contribution in [-0.4, -0.2) is 14.5 Å². The molecule has 3 atom stereocenters. The van der Waals surface area contributed by atoms with Crippen molar-refractivity contribution in [3.8, 4) is 0 Å². The van der Waals surface area contributed by atoms with Gasteiger partial charge in [0.05, 0.1) is 0 Å². The van der Waals surface area contributed by atoms with Gasteiger partial charge in [-0.05, 0) is 48.8 Å². The molecule has 0 saturated heterocycles. The van der Waals surface area contributed by atoms with Gasteiger partial charge in [-0.3, -0.25) is 0 Å². The Morgan fingerprint density at radius 1 is 1.33 bits per heavy atom. The number of halogens is 1. The molecule has 1 aromatic rings. The first kappa shape index (κ1) is 16.4. The fourth-order valence-electron chi connectivity index (χ4n) is 2.98. The maximum atomic E-state index is 13.9. The molecule has 1 aromatic carbocycles. The van der Waals surface area contributed by atoms with E-state index in [9.17, 15) is 12.8 Å². The minimum Gasteiger partial charge on any atom is -0.326 e. The first-order chi connectivity index (χ1) is 9.83. The lowest BCUT2D eigenvalue weighted by Crippen LogP contribution is -2.42. The molecule has 1 saturated carbocycles. The number of benzene rings is 1. The maximum Gasteiger partial charge on any atom is 0.243 e. The van der Waals surface area contributed by atoms with E-state index in [1.54, 1.807) is 0 Å². The van der Waals surface area contributed by atoms with Crippen molar-refractivity contribution in [2.24, 2.45) is 17.6 Å². The normalized spacial score (nSPS) is 26.8. The van der Waals surface area contributed by atoms with Crippen molar-refractivity contribution in [2.45, 2.75) is 50.6 Å². The summed E-state index contributed by atoms with van der Waals surface area (Å²) in [6.45, 7) is 4.39. The Hall–Kier alpha value is -0.980. The third-order valence-corrected chi connectivity index (χ3v) is 5.76. The summed E-state index contributed by atoms with van der Waals surface area (Å²) >= 11 is 0. The van der Waals surface area contributed by atoms with Crippen LogP contribution >= 0.6 is 0 Å². The number of nitrogens with one attached hydrogen (secondary N) is 1. The van der Waals surface area contributed by atoms with E-state index in [4.69, 9.17) is 5.73 Å². The van der Waals surface area contributed by atoms with Crippen LogP contribution in [0.5, 0.6) is 0 Å². The minimum atomic E-state index is -3.85. The van der Waals surface area contributed by atoms with Crippen LogP contribution in [-0.2, 0) is 16.6 Å². The summed E-state index contributed by atoms with van der Waals surface area (Å²) in [5, 5.41) is 0. The second-order valence-electron chi connectivity index (χ2n) is 6.09. The fourth-order valence-corrected chi connectivity index (χ4v) is 4.49. The van der Waals surface area contributed by atoms with Gasteiger partial charge < -0.3 is 5.73 Å². The van der Waals surface area contributed by atoms with E-state index < -0.39 is 15.8 Å². The topological polar surface area (TPSA) is 72.2 Å². The van der Waals surface area contributed by atoms with E-state index in [0.717, 1.165) is 25.3 Å². The van der Waals surface area contributed by atoms with Gasteiger partial charge in [0, 0.05) is 12.6 Å². The molecule has 0 amide bonds. The molecule has 1 aliphatic rings. The highest BCUT2D eigenvalue weighted by Crippen LogP contribution is 2.30. The Kier molecular flexibility index (Phi) is 5.01. The molecule has 118 valence electrons. The fraction of sp³-hybridized carbons (Fsp3) is 0.600. The van der Waals surface area contributed by atoms with Crippen LogP contribution in [0.3, 0.4) is 0 Å².